The largest absolute Gasteiger partial charge is 0.393 e. The minimum absolute atomic E-state index is 0.183. The summed E-state index contributed by atoms with van der Waals surface area (Å²) in [5, 5.41) is 12.8. The molecule has 0 aromatic rings. The quantitative estimate of drug-likeness (QED) is 0.624. The number of nitrogens with one attached hydrogen (secondary N) is 1. The van der Waals surface area contributed by atoms with Crippen LogP contribution in [0.1, 0.15) is 53.9 Å². The first-order valence-electron chi connectivity index (χ1n) is 6.46. The molecule has 0 fully saturated rings. The van der Waals surface area contributed by atoms with Crippen LogP contribution in [0.25, 0.3) is 0 Å². The second-order valence-electron chi connectivity index (χ2n) is 5.36. The summed E-state index contributed by atoms with van der Waals surface area (Å²) in [5.74, 6) is 0.547. The summed E-state index contributed by atoms with van der Waals surface area (Å²) in [5.41, 5.74) is 1.40. The zero-order valence-electron chi connectivity index (χ0n) is 11.6. The van der Waals surface area contributed by atoms with Gasteiger partial charge in [-0.05, 0) is 59.4 Å². The minimum atomic E-state index is -0.183. The lowest BCUT2D eigenvalue weighted by atomic mass is 10.0. The van der Waals surface area contributed by atoms with E-state index in [0.29, 0.717) is 12.0 Å². The van der Waals surface area contributed by atoms with E-state index in [4.69, 9.17) is 0 Å². The molecule has 2 heteroatoms. The van der Waals surface area contributed by atoms with Crippen molar-refractivity contribution in [3.05, 3.63) is 11.6 Å². The summed E-state index contributed by atoms with van der Waals surface area (Å²) in [4.78, 5) is 0. The van der Waals surface area contributed by atoms with Gasteiger partial charge in [-0.25, -0.2) is 0 Å². The third-order valence-corrected chi connectivity index (χ3v) is 2.71. The van der Waals surface area contributed by atoms with Crippen molar-refractivity contribution in [1.82, 2.24) is 5.32 Å². The Kier molecular flexibility index (Phi) is 8.58. The molecule has 0 aromatic carbocycles. The zero-order valence-corrected chi connectivity index (χ0v) is 11.6. The third kappa shape index (κ3) is 10.2. The minimum Gasteiger partial charge on any atom is -0.393 e. The van der Waals surface area contributed by atoms with Crippen molar-refractivity contribution in [1.29, 1.82) is 0 Å². The Bertz CT molecular complexity index is 195. The lowest BCUT2D eigenvalue weighted by molar-refractivity contribution is 0.162. The van der Waals surface area contributed by atoms with Gasteiger partial charge in [0.25, 0.3) is 0 Å². The second kappa shape index (κ2) is 8.77. The highest BCUT2D eigenvalue weighted by Gasteiger charge is 2.07. The summed E-state index contributed by atoms with van der Waals surface area (Å²) < 4.78 is 0. The molecule has 0 amide bonds. The van der Waals surface area contributed by atoms with Crippen molar-refractivity contribution in [3.63, 3.8) is 0 Å². The van der Waals surface area contributed by atoms with E-state index in [1.54, 1.807) is 0 Å². The predicted octanol–water partition coefficient (Wildman–Crippen LogP) is 3.12. The van der Waals surface area contributed by atoms with Crippen LogP contribution in [0.5, 0.6) is 0 Å². The van der Waals surface area contributed by atoms with Crippen LogP contribution >= 0.6 is 0 Å². The Balaban J connectivity index is 3.56. The average molecular weight is 227 g/mol. The van der Waals surface area contributed by atoms with Gasteiger partial charge in [-0.3, -0.25) is 0 Å². The van der Waals surface area contributed by atoms with Crippen LogP contribution in [-0.4, -0.2) is 23.8 Å². The van der Waals surface area contributed by atoms with E-state index in [-0.39, 0.29) is 6.10 Å². The molecule has 0 radical (unpaired) electrons. The van der Waals surface area contributed by atoms with Crippen LogP contribution in [0.2, 0.25) is 0 Å². The molecule has 3 atom stereocenters. The maximum absolute atomic E-state index is 9.25. The van der Waals surface area contributed by atoms with Gasteiger partial charge in [0.2, 0.25) is 0 Å². The molecule has 0 saturated carbocycles. The molecular weight excluding hydrogens is 198 g/mol. The van der Waals surface area contributed by atoms with Gasteiger partial charge in [0, 0.05) is 6.04 Å². The fourth-order valence-corrected chi connectivity index (χ4v) is 1.79. The summed E-state index contributed by atoms with van der Waals surface area (Å²) in [6, 6.07) is 0.562. The van der Waals surface area contributed by atoms with Crippen LogP contribution in [0.4, 0.5) is 0 Å². The number of hydrogen-bond donors (Lipinski definition) is 2. The third-order valence-electron chi connectivity index (χ3n) is 2.71. The highest BCUT2D eigenvalue weighted by molar-refractivity contribution is 4.93. The molecule has 0 bridgehead atoms. The lowest BCUT2D eigenvalue weighted by Gasteiger charge is -2.18. The topological polar surface area (TPSA) is 32.3 Å². The molecule has 0 aliphatic rings. The summed E-state index contributed by atoms with van der Waals surface area (Å²) in [6.07, 6.45) is 5.33. The lowest BCUT2D eigenvalue weighted by Crippen LogP contribution is -2.31. The van der Waals surface area contributed by atoms with Crippen molar-refractivity contribution < 1.29 is 5.11 Å². The van der Waals surface area contributed by atoms with Gasteiger partial charge < -0.3 is 10.4 Å². The van der Waals surface area contributed by atoms with Gasteiger partial charge in [-0.1, -0.05) is 18.6 Å². The standard InChI is InChI=1S/C14H29NO/c1-11(2)7-6-8-13(4)15-10-12(3)9-14(5)16/h7,12-16H,6,8-10H2,1-5H3. The Morgan fingerprint density at radius 2 is 1.88 bits per heavy atom. The van der Waals surface area contributed by atoms with E-state index >= 15 is 0 Å². The molecule has 0 saturated heterocycles. The Morgan fingerprint density at radius 3 is 2.38 bits per heavy atom. The van der Waals surface area contributed by atoms with Crippen molar-refractivity contribution >= 4 is 0 Å². The SMILES string of the molecule is CC(C)=CCCC(C)NCC(C)CC(C)O. The molecule has 2 nitrogen and oxygen atoms in total. The monoisotopic (exact) mass is 227 g/mol. The highest BCUT2D eigenvalue weighted by atomic mass is 16.3. The van der Waals surface area contributed by atoms with E-state index in [1.165, 1.54) is 12.0 Å². The van der Waals surface area contributed by atoms with Gasteiger partial charge in [0.05, 0.1) is 6.10 Å². The number of aliphatic hydroxyl groups excluding tert-OH is 1. The summed E-state index contributed by atoms with van der Waals surface area (Å²) in [6.45, 7) is 11.6. The molecule has 96 valence electrons. The number of allylic oxidation sites excluding steroid dienone is 2. The number of hydrogen-bond acceptors (Lipinski definition) is 2. The van der Waals surface area contributed by atoms with Gasteiger partial charge in [-0.15, -0.1) is 0 Å². The van der Waals surface area contributed by atoms with Gasteiger partial charge in [-0.2, -0.15) is 0 Å². The van der Waals surface area contributed by atoms with Crippen molar-refractivity contribution in [2.45, 2.75) is 66.0 Å². The van der Waals surface area contributed by atoms with Crippen LogP contribution in [0.15, 0.2) is 11.6 Å². The van der Waals surface area contributed by atoms with Crippen LogP contribution in [0.3, 0.4) is 0 Å². The molecular formula is C14H29NO. The Morgan fingerprint density at radius 1 is 1.25 bits per heavy atom. The average Bonchev–Trinajstić information content (AvgIpc) is 2.13. The van der Waals surface area contributed by atoms with E-state index in [9.17, 15) is 5.11 Å². The fraction of sp³-hybridized carbons (Fsp3) is 0.857. The molecule has 2 N–H and O–H groups in total. The summed E-state index contributed by atoms with van der Waals surface area (Å²) in [7, 11) is 0. The van der Waals surface area contributed by atoms with E-state index in [0.717, 1.165) is 19.4 Å². The predicted molar refractivity (Wildman–Crippen MR) is 71.6 cm³/mol. The number of rotatable bonds is 8. The van der Waals surface area contributed by atoms with Crippen molar-refractivity contribution in [3.8, 4) is 0 Å². The molecule has 0 aliphatic heterocycles. The van der Waals surface area contributed by atoms with Gasteiger partial charge in [0.15, 0.2) is 0 Å². The van der Waals surface area contributed by atoms with E-state index in [1.807, 2.05) is 6.92 Å². The highest BCUT2D eigenvalue weighted by Crippen LogP contribution is 2.06. The first kappa shape index (κ1) is 15.7. The number of aliphatic hydroxyl groups is 1. The maximum atomic E-state index is 9.25. The van der Waals surface area contributed by atoms with Gasteiger partial charge >= 0.3 is 0 Å². The second-order valence-corrected chi connectivity index (χ2v) is 5.36. The summed E-state index contributed by atoms with van der Waals surface area (Å²) >= 11 is 0. The Labute approximate surface area is 101 Å². The molecule has 16 heavy (non-hydrogen) atoms. The molecule has 3 unspecified atom stereocenters. The normalized spacial score (nSPS) is 16.6. The van der Waals surface area contributed by atoms with Crippen molar-refractivity contribution in [2.75, 3.05) is 6.54 Å². The molecule has 0 spiro atoms. The van der Waals surface area contributed by atoms with Crippen LogP contribution < -0.4 is 5.32 Å². The van der Waals surface area contributed by atoms with Crippen molar-refractivity contribution in [2.24, 2.45) is 5.92 Å². The molecule has 0 aromatic heterocycles. The van der Waals surface area contributed by atoms with Crippen LogP contribution in [0, 0.1) is 5.92 Å². The molecule has 0 heterocycles. The first-order valence-corrected chi connectivity index (χ1v) is 6.46. The maximum Gasteiger partial charge on any atom is 0.0515 e. The smallest absolute Gasteiger partial charge is 0.0515 e. The molecule has 0 aliphatic carbocycles. The van der Waals surface area contributed by atoms with E-state index in [2.05, 4.69) is 39.1 Å². The molecule has 0 rings (SSSR count). The Hall–Kier alpha value is -0.340. The fourth-order valence-electron chi connectivity index (χ4n) is 1.79. The zero-order chi connectivity index (χ0) is 12.6. The van der Waals surface area contributed by atoms with E-state index < -0.39 is 0 Å². The first-order chi connectivity index (χ1) is 7.41. The van der Waals surface area contributed by atoms with Gasteiger partial charge in [0.1, 0.15) is 0 Å². The van der Waals surface area contributed by atoms with Crippen LogP contribution in [-0.2, 0) is 0 Å².